The number of nitrogens with zero attached hydrogens (tertiary/aromatic N) is 2. The monoisotopic (exact) mass is 432 g/mol. The van der Waals surface area contributed by atoms with Gasteiger partial charge in [0.25, 0.3) is 0 Å². The fourth-order valence-corrected chi connectivity index (χ4v) is 5.22. The van der Waals surface area contributed by atoms with E-state index in [-0.39, 0.29) is 29.6 Å². The second kappa shape index (κ2) is 8.65. The number of methoxy groups -OCH3 is 2. The molecule has 1 aliphatic rings. The zero-order chi connectivity index (χ0) is 21.9. The van der Waals surface area contributed by atoms with Crippen LogP contribution in [0.3, 0.4) is 0 Å². The fraction of sp³-hybridized carbons (Fsp3) is 0.409. The van der Waals surface area contributed by atoms with E-state index >= 15 is 0 Å². The highest BCUT2D eigenvalue weighted by atomic mass is 32.2. The molecule has 0 aromatic heterocycles. The highest BCUT2D eigenvalue weighted by molar-refractivity contribution is 7.89. The number of amides is 1. The van der Waals surface area contributed by atoms with Gasteiger partial charge in [0.15, 0.2) is 0 Å². The number of hydrogen-bond acceptors (Lipinski definition) is 5. The summed E-state index contributed by atoms with van der Waals surface area (Å²) >= 11 is 0. The summed E-state index contributed by atoms with van der Waals surface area (Å²) in [5.41, 5.74) is 0.254. The first-order valence-electron chi connectivity index (χ1n) is 9.79. The number of hydrogen-bond donors (Lipinski definition) is 0. The average molecular weight is 433 g/mol. The van der Waals surface area contributed by atoms with E-state index in [9.17, 15) is 13.2 Å². The van der Waals surface area contributed by atoms with Crippen molar-refractivity contribution in [3.05, 3.63) is 54.1 Å². The maximum Gasteiger partial charge on any atom is 0.247 e. The summed E-state index contributed by atoms with van der Waals surface area (Å²) in [5, 5.41) is 0. The van der Waals surface area contributed by atoms with Crippen LogP contribution in [-0.4, -0.2) is 63.9 Å². The molecule has 0 bridgehead atoms. The maximum absolute atomic E-state index is 13.2. The third kappa shape index (κ3) is 4.15. The van der Waals surface area contributed by atoms with Crippen LogP contribution in [0.4, 0.5) is 0 Å². The standard InChI is InChI=1S/C22H28N2O5S/c1-22(2,17-8-6-5-7-9-17)21(25)23-12-14-24(15-13-23)30(26,27)20-16-18(28-3)10-11-19(20)29-4/h5-11,16H,12-15H2,1-4H3. The van der Waals surface area contributed by atoms with Gasteiger partial charge >= 0.3 is 0 Å². The first kappa shape index (κ1) is 22.1. The number of carbonyl (C=O) groups is 1. The molecule has 0 aliphatic carbocycles. The Hall–Kier alpha value is -2.58. The second-order valence-corrected chi connectivity index (χ2v) is 9.61. The van der Waals surface area contributed by atoms with Crippen molar-refractivity contribution in [3.8, 4) is 11.5 Å². The number of carbonyl (C=O) groups excluding carboxylic acids is 1. The molecule has 3 rings (SSSR count). The summed E-state index contributed by atoms with van der Waals surface area (Å²) in [6.45, 7) is 4.91. The number of rotatable bonds is 6. The Morgan fingerprint density at radius 2 is 1.57 bits per heavy atom. The third-order valence-corrected chi connectivity index (χ3v) is 7.46. The molecule has 1 saturated heterocycles. The van der Waals surface area contributed by atoms with E-state index in [0.717, 1.165) is 5.56 Å². The molecule has 0 spiro atoms. The Morgan fingerprint density at radius 1 is 0.933 bits per heavy atom. The normalized spacial score (nSPS) is 15.7. The van der Waals surface area contributed by atoms with Crippen molar-refractivity contribution in [2.75, 3.05) is 40.4 Å². The van der Waals surface area contributed by atoms with Crippen LogP contribution in [0.1, 0.15) is 19.4 Å². The summed E-state index contributed by atoms with van der Waals surface area (Å²) in [5.74, 6) is 0.692. The minimum absolute atomic E-state index is 0.00953. The summed E-state index contributed by atoms with van der Waals surface area (Å²) in [4.78, 5) is 15.0. The lowest BCUT2D eigenvalue weighted by Crippen LogP contribution is -2.54. The first-order valence-corrected chi connectivity index (χ1v) is 11.2. The van der Waals surface area contributed by atoms with Gasteiger partial charge in [-0.15, -0.1) is 0 Å². The van der Waals surface area contributed by atoms with Gasteiger partial charge in [0.2, 0.25) is 15.9 Å². The van der Waals surface area contributed by atoms with Crippen LogP contribution < -0.4 is 9.47 Å². The zero-order valence-electron chi connectivity index (χ0n) is 17.8. The topological polar surface area (TPSA) is 76.2 Å². The van der Waals surface area contributed by atoms with Crippen LogP contribution >= 0.6 is 0 Å². The van der Waals surface area contributed by atoms with Gasteiger partial charge in [-0.25, -0.2) is 8.42 Å². The number of ether oxygens (including phenoxy) is 2. The van der Waals surface area contributed by atoms with E-state index < -0.39 is 15.4 Å². The zero-order valence-corrected chi connectivity index (χ0v) is 18.6. The molecule has 1 heterocycles. The largest absolute Gasteiger partial charge is 0.497 e. The maximum atomic E-state index is 13.2. The average Bonchev–Trinajstić information content (AvgIpc) is 2.78. The van der Waals surface area contributed by atoms with E-state index in [1.54, 1.807) is 17.0 Å². The summed E-state index contributed by atoms with van der Waals surface area (Å²) in [6.07, 6.45) is 0. The molecule has 0 atom stereocenters. The van der Waals surface area contributed by atoms with Crippen LogP contribution in [0.25, 0.3) is 0 Å². The van der Waals surface area contributed by atoms with Crippen molar-refractivity contribution in [1.29, 1.82) is 0 Å². The Labute approximate surface area is 178 Å². The second-order valence-electron chi connectivity index (χ2n) is 7.70. The molecule has 0 saturated carbocycles. The van der Waals surface area contributed by atoms with Crippen LogP contribution in [0.2, 0.25) is 0 Å². The van der Waals surface area contributed by atoms with Gasteiger partial charge in [-0.05, 0) is 31.5 Å². The summed E-state index contributed by atoms with van der Waals surface area (Å²) in [6, 6.07) is 14.3. The van der Waals surface area contributed by atoms with E-state index in [1.165, 1.54) is 24.6 Å². The van der Waals surface area contributed by atoms with E-state index in [2.05, 4.69) is 0 Å². The molecule has 2 aromatic rings. The predicted molar refractivity (Wildman–Crippen MR) is 114 cm³/mol. The Morgan fingerprint density at radius 3 is 2.13 bits per heavy atom. The molecule has 0 N–H and O–H groups in total. The first-order chi connectivity index (χ1) is 14.2. The number of piperazine rings is 1. The van der Waals surface area contributed by atoms with Crippen molar-refractivity contribution < 1.29 is 22.7 Å². The van der Waals surface area contributed by atoms with Crippen molar-refractivity contribution in [3.63, 3.8) is 0 Å². The molecule has 1 aliphatic heterocycles. The smallest absolute Gasteiger partial charge is 0.247 e. The van der Waals surface area contributed by atoms with E-state index in [0.29, 0.717) is 18.8 Å². The van der Waals surface area contributed by atoms with Gasteiger partial charge in [-0.2, -0.15) is 4.31 Å². The van der Waals surface area contributed by atoms with Crippen LogP contribution in [0.15, 0.2) is 53.4 Å². The highest BCUT2D eigenvalue weighted by Gasteiger charge is 2.37. The molecule has 0 radical (unpaired) electrons. The van der Waals surface area contributed by atoms with E-state index in [4.69, 9.17) is 9.47 Å². The summed E-state index contributed by atoms with van der Waals surface area (Å²) < 4.78 is 38.2. The van der Waals surface area contributed by atoms with Crippen molar-refractivity contribution in [2.24, 2.45) is 0 Å². The van der Waals surface area contributed by atoms with Gasteiger partial charge in [0, 0.05) is 32.2 Å². The molecule has 0 unspecified atom stereocenters. The van der Waals surface area contributed by atoms with Crippen molar-refractivity contribution in [1.82, 2.24) is 9.21 Å². The van der Waals surface area contributed by atoms with Crippen molar-refractivity contribution in [2.45, 2.75) is 24.2 Å². The fourth-order valence-electron chi connectivity index (χ4n) is 3.63. The Balaban J connectivity index is 1.76. The Bertz CT molecular complexity index is 997. The highest BCUT2D eigenvalue weighted by Crippen LogP contribution is 2.32. The molecule has 7 nitrogen and oxygen atoms in total. The van der Waals surface area contributed by atoms with E-state index in [1.807, 2.05) is 44.2 Å². The third-order valence-electron chi connectivity index (χ3n) is 5.54. The molecule has 2 aromatic carbocycles. The molecule has 162 valence electrons. The van der Waals surface area contributed by atoms with Crippen LogP contribution in [0.5, 0.6) is 11.5 Å². The van der Waals surface area contributed by atoms with Crippen LogP contribution in [0, 0.1) is 0 Å². The lowest BCUT2D eigenvalue weighted by atomic mass is 9.83. The lowest BCUT2D eigenvalue weighted by Gasteiger charge is -2.38. The quantitative estimate of drug-likeness (QED) is 0.701. The van der Waals surface area contributed by atoms with Gasteiger partial charge in [0.1, 0.15) is 16.4 Å². The molecule has 30 heavy (non-hydrogen) atoms. The van der Waals surface area contributed by atoms with Crippen LogP contribution in [-0.2, 0) is 20.2 Å². The van der Waals surface area contributed by atoms with Gasteiger partial charge in [-0.1, -0.05) is 30.3 Å². The number of sulfonamides is 1. The molecular weight excluding hydrogens is 404 g/mol. The van der Waals surface area contributed by atoms with Gasteiger partial charge in [-0.3, -0.25) is 4.79 Å². The number of benzene rings is 2. The van der Waals surface area contributed by atoms with Gasteiger partial charge in [0.05, 0.1) is 19.6 Å². The molecule has 8 heteroatoms. The lowest BCUT2D eigenvalue weighted by molar-refractivity contribution is -0.137. The molecule has 1 amide bonds. The predicted octanol–water partition coefficient (Wildman–Crippen LogP) is 2.51. The van der Waals surface area contributed by atoms with Crippen molar-refractivity contribution >= 4 is 15.9 Å². The minimum atomic E-state index is -3.78. The summed E-state index contributed by atoms with van der Waals surface area (Å²) in [7, 11) is -0.867. The molecule has 1 fully saturated rings. The minimum Gasteiger partial charge on any atom is -0.497 e. The molecular formula is C22H28N2O5S. The van der Waals surface area contributed by atoms with Gasteiger partial charge < -0.3 is 14.4 Å². The Kier molecular flexibility index (Phi) is 6.38. The SMILES string of the molecule is COc1ccc(OC)c(S(=O)(=O)N2CCN(C(=O)C(C)(C)c3ccccc3)CC2)c1.